The summed E-state index contributed by atoms with van der Waals surface area (Å²) in [5.74, 6) is 0.714. The van der Waals surface area contributed by atoms with Crippen molar-refractivity contribution in [1.29, 1.82) is 0 Å². The Hall–Kier alpha value is -2.28. The van der Waals surface area contributed by atoms with E-state index in [4.69, 9.17) is 18.9 Å². The van der Waals surface area contributed by atoms with Crippen LogP contribution in [-0.2, 0) is 39.4 Å². The van der Waals surface area contributed by atoms with Crippen LogP contribution in [0.25, 0.3) is 0 Å². The van der Waals surface area contributed by atoms with E-state index in [0.717, 1.165) is 11.1 Å². The molecule has 29 heavy (non-hydrogen) atoms. The van der Waals surface area contributed by atoms with Gasteiger partial charge in [-0.05, 0) is 42.3 Å². The van der Waals surface area contributed by atoms with Crippen LogP contribution in [-0.4, -0.2) is 38.1 Å². The van der Waals surface area contributed by atoms with Crippen molar-refractivity contribution in [1.82, 2.24) is 0 Å². The highest BCUT2D eigenvalue weighted by Crippen LogP contribution is 2.41. The third kappa shape index (κ3) is 5.01. The lowest BCUT2D eigenvalue weighted by Crippen LogP contribution is -2.20. The lowest BCUT2D eigenvalue weighted by atomic mass is 9.76. The molecule has 0 radical (unpaired) electrons. The highest BCUT2D eigenvalue weighted by Gasteiger charge is 2.28. The Morgan fingerprint density at radius 2 is 1.14 bits per heavy atom. The molecule has 2 rings (SSSR count). The van der Waals surface area contributed by atoms with Crippen LogP contribution in [0.5, 0.6) is 17.2 Å². The zero-order valence-corrected chi connectivity index (χ0v) is 18.2. The third-order valence-electron chi connectivity index (χ3n) is 5.06. The molecule has 0 aromatic heterocycles. The molecule has 0 atom stereocenters. The van der Waals surface area contributed by atoms with Crippen molar-refractivity contribution in [3.8, 4) is 17.2 Å². The van der Waals surface area contributed by atoms with Gasteiger partial charge >= 0.3 is 0 Å². The van der Waals surface area contributed by atoms with Gasteiger partial charge in [0, 0.05) is 43.4 Å². The van der Waals surface area contributed by atoms with Gasteiger partial charge in [0.1, 0.15) is 5.75 Å². The maximum atomic E-state index is 10.5. The number of benzene rings is 2. The summed E-state index contributed by atoms with van der Waals surface area (Å²) in [5, 5.41) is 21.1. The minimum atomic E-state index is -0.444. The van der Waals surface area contributed by atoms with Crippen LogP contribution < -0.4 is 4.74 Å². The minimum absolute atomic E-state index is 0.0964. The second kappa shape index (κ2) is 9.96. The Bertz CT molecular complexity index is 707. The average Bonchev–Trinajstić information content (AvgIpc) is 2.68. The lowest BCUT2D eigenvalue weighted by molar-refractivity contribution is 0.174. The number of rotatable bonds is 10. The largest absolute Gasteiger partial charge is 0.507 e. The lowest BCUT2D eigenvalue weighted by Gasteiger charge is -2.29. The van der Waals surface area contributed by atoms with Gasteiger partial charge in [-0.3, -0.25) is 0 Å². The second-order valence-electron chi connectivity index (χ2n) is 7.48. The predicted octanol–water partition coefficient (Wildman–Crippen LogP) is 4.26. The maximum absolute atomic E-state index is 10.5. The van der Waals surface area contributed by atoms with Crippen molar-refractivity contribution in [2.24, 2.45) is 0 Å². The molecule has 0 aliphatic carbocycles. The van der Waals surface area contributed by atoms with Crippen LogP contribution in [0.15, 0.2) is 24.3 Å². The molecule has 0 spiro atoms. The van der Waals surface area contributed by atoms with Crippen molar-refractivity contribution in [2.45, 2.75) is 46.0 Å². The molecule has 2 N–H and O–H groups in total. The quantitative estimate of drug-likeness (QED) is 0.616. The van der Waals surface area contributed by atoms with Crippen molar-refractivity contribution in [3.05, 3.63) is 52.1 Å². The fraction of sp³-hybridized carbons (Fsp3) is 0.478. The molecule has 0 unspecified atom stereocenters. The number of aromatic hydroxyl groups is 2. The van der Waals surface area contributed by atoms with E-state index < -0.39 is 5.41 Å². The van der Waals surface area contributed by atoms with E-state index in [9.17, 15) is 10.2 Å². The first kappa shape index (κ1) is 23.0. The molecule has 2 aromatic carbocycles. The molecule has 0 heterocycles. The first-order valence-corrected chi connectivity index (χ1v) is 9.61. The molecule has 0 bridgehead atoms. The molecule has 0 fully saturated rings. The molecular weight excluding hydrogens is 372 g/mol. The first-order chi connectivity index (χ1) is 13.8. The zero-order valence-electron chi connectivity index (χ0n) is 18.2. The van der Waals surface area contributed by atoms with E-state index in [0.29, 0.717) is 42.3 Å². The summed E-state index contributed by atoms with van der Waals surface area (Å²) in [4.78, 5) is 0. The number of methoxy groups -OCH3 is 3. The normalized spacial score (nSPS) is 11.7. The van der Waals surface area contributed by atoms with E-state index in [-0.39, 0.29) is 18.1 Å². The minimum Gasteiger partial charge on any atom is -0.507 e. The van der Waals surface area contributed by atoms with Crippen LogP contribution >= 0.6 is 0 Å². The molecule has 0 saturated heterocycles. The number of ether oxygens (including phenoxy) is 4. The van der Waals surface area contributed by atoms with Gasteiger partial charge in [-0.1, -0.05) is 13.8 Å². The maximum Gasteiger partial charge on any atom is 0.163 e. The Morgan fingerprint density at radius 1 is 0.724 bits per heavy atom. The first-order valence-electron chi connectivity index (χ1n) is 9.61. The monoisotopic (exact) mass is 404 g/mol. The summed E-state index contributed by atoms with van der Waals surface area (Å²) >= 11 is 0. The summed E-state index contributed by atoms with van der Waals surface area (Å²) in [7, 11) is 4.78. The highest BCUT2D eigenvalue weighted by molar-refractivity contribution is 5.54. The van der Waals surface area contributed by atoms with Gasteiger partial charge in [0.05, 0.1) is 26.4 Å². The summed E-state index contributed by atoms with van der Waals surface area (Å²) in [6, 6.07) is 7.68. The summed E-state index contributed by atoms with van der Waals surface area (Å²) in [5.41, 5.74) is 3.57. The molecular formula is C23H32O6. The molecule has 2 aromatic rings. The van der Waals surface area contributed by atoms with Gasteiger partial charge < -0.3 is 29.2 Å². The van der Waals surface area contributed by atoms with Gasteiger partial charge in [0.2, 0.25) is 0 Å². The summed E-state index contributed by atoms with van der Waals surface area (Å²) in [6.45, 7) is 7.36. The van der Waals surface area contributed by atoms with Crippen LogP contribution in [0.1, 0.15) is 48.6 Å². The van der Waals surface area contributed by atoms with Gasteiger partial charge in [-0.25, -0.2) is 0 Å². The Morgan fingerprint density at radius 3 is 1.55 bits per heavy atom. The fourth-order valence-corrected chi connectivity index (χ4v) is 3.38. The topological polar surface area (TPSA) is 77.4 Å². The van der Waals surface area contributed by atoms with Gasteiger partial charge in [-0.2, -0.15) is 0 Å². The van der Waals surface area contributed by atoms with Crippen LogP contribution in [0.4, 0.5) is 0 Å². The van der Waals surface area contributed by atoms with Crippen LogP contribution in [0.3, 0.4) is 0 Å². The van der Waals surface area contributed by atoms with Gasteiger partial charge in [0.25, 0.3) is 0 Å². The fourth-order valence-electron chi connectivity index (χ4n) is 3.38. The number of phenols is 2. The Balaban J connectivity index is 2.64. The highest BCUT2D eigenvalue weighted by atomic mass is 16.5. The zero-order chi connectivity index (χ0) is 21.6. The van der Waals surface area contributed by atoms with Crippen molar-refractivity contribution >= 4 is 0 Å². The Kier molecular flexibility index (Phi) is 7.90. The third-order valence-corrected chi connectivity index (χ3v) is 5.06. The number of hydrogen-bond acceptors (Lipinski definition) is 6. The number of phenolic OH excluding ortho intramolecular Hbond substituents is 2. The summed E-state index contributed by atoms with van der Waals surface area (Å²) in [6.07, 6.45) is 0. The molecule has 6 heteroatoms. The van der Waals surface area contributed by atoms with E-state index in [1.165, 1.54) is 0 Å². The molecule has 0 amide bonds. The molecule has 160 valence electrons. The molecule has 0 aliphatic heterocycles. The molecule has 6 nitrogen and oxygen atoms in total. The smallest absolute Gasteiger partial charge is 0.163 e. The van der Waals surface area contributed by atoms with Crippen LogP contribution in [0, 0.1) is 0 Å². The SMILES string of the molecule is CCOc1cc(C(C)(C)c2cc(COC)c(O)c(COC)c2)cc(COC)c1O. The average molecular weight is 405 g/mol. The van der Waals surface area contributed by atoms with Gasteiger partial charge in [0.15, 0.2) is 11.5 Å². The standard InChI is InChI=1S/C23H32O6/c1-7-29-20-11-19(10-17(14-28-6)22(20)25)23(2,3)18-8-15(12-26-4)21(24)16(9-18)13-27-5/h8-11,24-25H,7,12-14H2,1-6H3. The van der Waals surface area contributed by atoms with Gasteiger partial charge in [-0.15, -0.1) is 0 Å². The van der Waals surface area contributed by atoms with E-state index in [1.54, 1.807) is 21.3 Å². The van der Waals surface area contributed by atoms with Crippen molar-refractivity contribution < 1.29 is 29.2 Å². The van der Waals surface area contributed by atoms with Crippen molar-refractivity contribution in [3.63, 3.8) is 0 Å². The predicted molar refractivity (Wildman–Crippen MR) is 112 cm³/mol. The number of hydrogen-bond donors (Lipinski definition) is 2. The molecule has 0 aliphatic rings. The molecule has 0 saturated carbocycles. The van der Waals surface area contributed by atoms with Crippen molar-refractivity contribution in [2.75, 3.05) is 27.9 Å². The van der Waals surface area contributed by atoms with E-state index in [2.05, 4.69) is 13.8 Å². The van der Waals surface area contributed by atoms with E-state index in [1.807, 2.05) is 31.2 Å². The summed E-state index contributed by atoms with van der Waals surface area (Å²) < 4.78 is 21.4. The Labute approximate surface area is 173 Å². The second-order valence-corrected chi connectivity index (χ2v) is 7.48. The van der Waals surface area contributed by atoms with Crippen LogP contribution in [0.2, 0.25) is 0 Å². The van der Waals surface area contributed by atoms with E-state index >= 15 is 0 Å².